The topological polar surface area (TPSA) is 61.6 Å². The maximum absolute atomic E-state index is 11.7. The van der Waals surface area contributed by atoms with E-state index in [2.05, 4.69) is 18.6 Å². The van der Waals surface area contributed by atoms with Gasteiger partial charge in [-0.1, -0.05) is 13.8 Å². The van der Waals surface area contributed by atoms with Crippen LogP contribution < -0.4 is 5.73 Å². The van der Waals surface area contributed by atoms with Crippen LogP contribution in [0.15, 0.2) is 0 Å². The van der Waals surface area contributed by atoms with Crippen LogP contribution in [0.2, 0.25) is 0 Å². The molecule has 0 unspecified atom stereocenters. The first-order valence-electron chi connectivity index (χ1n) is 6.17. The fourth-order valence-electron chi connectivity index (χ4n) is 1.61. The molecule has 0 spiro atoms. The molecule has 19 heavy (non-hydrogen) atoms. The van der Waals surface area contributed by atoms with Crippen molar-refractivity contribution >= 4 is 18.4 Å². The summed E-state index contributed by atoms with van der Waals surface area (Å²) in [6.45, 7) is 3.93. The molecule has 2 N–H and O–H groups in total. The highest BCUT2D eigenvalue weighted by atomic mass is 35.5. The molecule has 0 saturated carbocycles. The zero-order valence-electron chi connectivity index (χ0n) is 11.4. The van der Waals surface area contributed by atoms with Gasteiger partial charge in [0.25, 0.3) is 6.43 Å². The normalized spacial score (nSPS) is 12.4. The predicted octanol–water partition coefficient (Wildman–Crippen LogP) is 2.24. The van der Waals surface area contributed by atoms with Crippen molar-refractivity contribution < 1.29 is 23.0 Å². The van der Waals surface area contributed by atoms with E-state index >= 15 is 0 Å². The first-order chi connectivity index (χ1) is 8.45. The quantitative estimate of drug-likeness (QED) is 0.497. The Morgan fingerprint density at radius 2 is 1.89 bits per heavy atom. The van der Waals surface area contributed by atoms with Crippen molar-refractivity contribution in [2.75, 3.05) is 26.4 Å². The molecule has 0 saturated heterocycles. The van der Waals surface area contributed by atoms with Crippen molar-refractivity contribution in [3.63, 3.8) is 0 Å². The molecule has 0 aromatic carbocycles. The maximum atomic E-state index is 11.7. The molecule has 0 fully saturated rings. The average molecular weight is 304 g/mol. The van der Waals surface area contributed by atoms with E-state index in [9.17, 15) is 13.6 Å². The average Bonchev–Trinajstić information content (AvgIpc) is 2.26. The van der Waals surface area contributed by atoms with Gasteiger partial charge in [0.2, 0.25) is 0 Å². The Hall–Kier alpha value is -0.460. The number of nitrogens with two attached hydrogens (primary N) is 1. The van der Waals surface area contributed by atoms with Gasteiger partial charge in [-0.05, 0) is 24.8 Å². The summed E-state index contributed by atoms with van der Waals surface area (Å²) >= 11 is 0. The number of hydrogen-bond donors (Lipinski definition) is 1. The Morgan fingerprint density at radius 3 is 2.37 bits per heavy atom. The number of halogens is 3. The number of carbonyl (C=O) groups is 1. The molecule has 0 aliphatic rings. The van der Waals surface area contributed by atoms with Crippen molar-refractivity contribution in [3.8, 4) is 0 Å². The molecule has 0 amide bonds. The molecule has 0 heterocycles. The summed E-state index contributed by atoms with van der Waals surface area (Å²) in [7, 11) is 0. The van der Waals surface area contributed by atoms with Gasteiger partial charge in [-0.3, -0.25) is 4.79 Å². The minimum Gasteiger partial charge on any atom is -0.463 e. The fourth-order valence-corrected chi connectivity index (χ4v) is 1.61. The number of hydrogen-bond acceptors (Lipinski definition) is 4. The Kier molecular flexibility index (Phi) is 13.8. The van der Waals surface area contributed by atoms with Gasteiger partial charge in [0, 0.05) is 6.42 Å². The van der Waals surface area contributed by atoms with Crippen LogP contribution in [-0.4, -0.2) is 38.8 Å². The third-order valence-electron chi connectivity index (χ3n) is 2.33. The number of carbonyl (C=O) groups excluding carboxylic acids is 1. The number of alkyl halides is 2. The van der Waals surface area contributed by atoms with Gasteiger partial charge in [0.1, 0.15) is 13.2 Å². The Balaban J connectivity index is 0. The highest BCUT2D eigenvalue weighted by Crippen LogP contribution is 2.14. The van der Waals surface area contributed by atoms with Crippen LogP contribution in [0.1, 0.15) is 26.7 Å². The molecule has 4 nitrogen and oxygen atoms in total. The Morgan fingerprint density at radius 1 is 1.26 bits per heavy atom. The van der Waals surface area contributed by atoms with Crippen LogP contribution in [0.5, 0.6) is 0 Å². The molecule has 116 valence electrons. The van der Waals surface area contributed by atoms with Gasteiger partial charge in [0.05, 0.1) is 6.61 Å². The van der Waals surface area contributed by atoms with E-state index in [1.54, 1.807) is 0 Å². The minimum absolute atomic E-state index is 0. The second kappa shape index (κ2) is 12.6. The predicted molar refractivity (Wildman–Crippen MR) is 71.6 cm³/mol. The van der Waals surface area contributed by atoms with Crippen LogP contribution in [0.3, 0.4) is 0 Å². The third kappa shape index (κ3) is 13.8. The number of ether oxygens (including phenoxy) is 2. The van der Waals surface area contributed by atoms with E-state index < -0.39 is 13.0 Å². The van der Waals surface area contributed by atoms with E-state index in [0.29, 0.717) is 12.5 Å². The molecule has 0 bridgehead atoms. The van der Waals surface area contributed by atoms with E-state index in [1.165, 1.54) is 0 Å². The summed E-state index contributed by atoms with van der Waals surface area (Å²) in [4.78, 5) is 11.4. The third-order valence-corrected chi connectivity index (χ3v) is 2.33. The lowest BCUT2D eigenvalue weighted by Crippen LogP contribution is -2.22. The molecule has 7 heteroatoms. The number of rotatable bonds is 10. The zero-order valence-corrected chi connectivity index (χ0v) is 12.3. The zero-order chi connectivity index (χ0) is 14.0. The van der Waals surface area contributed by atoms with Gasteiger partial charge in [-0.25, -0.2) is 8.78 Å². The van der Waals surface area contributed by atoms with Gasteiger partial charge >= 0.3 is 5.97 Å². The van der Waals surface area contributed by atoms with Gasteiger partial charge < -0.3 is 15.2 Å². The summed E-state index contributed by atoms with van der Waals surface area (Å²) in [5.74, 6) is 0.229. The molecule has 1 atom stereocenters. The summed E-state index contributed by atoms with van der Waals surface area (Å²) in [6.07, 6.45) is -1.36. The Labute approximate surface area is 119 Å². The number of esters is 1. The fraction of sp³-hybridized carbons (Fsp3) is 0.917. The maximum Gasteiger partial charge on any atom is 0.306 e. The Bertz CT molecular complexity index is 231. The molecular formula is C12H24ClF2NO3. The molecule has 0 aliphatic heterocycles. The standard InChI is InChI=1S/C12H23F2NO3.ClH/c1-9(2)5-10(7-15)6-12(16)18-4-3-17-8-11(13)14;/h9-11H,3-8,15H2,1-2H3;1H/t10-;/m0./s1. The van der Waals surface area contributed by atoms with E-state index in [4.69, 9.17) is 10.5 Å². The largest absolute Gasteiger partial charge is 0.463 e. The van der Waals surface area contributed by atoms with Crippen LogP contribution in [0.25, 0.3) is 0 Å². The van der Waals surface area contributed by atoms with Gasteiger partial charge in [-0.15, -0.1) is 12.4 Å². The first kappa shape index (κ1) is 20.8. The summed E-state index contributed by atoms with van der Waals surface area (Å²) < 4.78 is 32.9. The SMILES string of the molecule is CC(C)C[C@H](CN)CC(=O)OCCOCC(F)F.Cl. The summed E-state index contributed by atoms with van der Waals surface area (Å²) in [5.41, 5.74) is 5.56. The van der Waals surface area contributed by atoms with Gasteiger partial charge in [-0.2, -0.15) is 0 Å². The van der Waals surface area contributed by atoms with Crippen molar-refractivity contribution in [2.24, 2.45) is 17.6 Å². The summed E-state index contributed by atoms with van der Waals surface area (Å²) in [5, 5.41) is 0. The second-order valence-electron chi connectivity index (χ2n) is 4.62. The van der Waals surface area contributed by atoms with Gasteiger partial charge in [0.15, 0.2) is 0 Å². The molecular weight excluding hydrogens is 280 g/mol. The van der Waals surface area contributed by atoms with Crippen LogP contribution in [-0.2, 0) is 14.3 Å². The van der Waals surface area contributed by atoms with E-state index in [0.717, 1.165) is 6.42 Å². The second-order valence-corrected chi connectivity index (χ2v) is 4.62. The van der Waals surface area contributed by atoms with Crippen molar-refractivity contribution in [1.82, 2.24) is 0 Å². The van der Waals surface area contributed by atoms with E-state index in [-0.39, 0.29) is 43.9 Å². The first-order valence-corrected chi connectivity index (χ1v) is 6.17. The highest BCUT2D eigenvalue weighted by Gasteiger charge is 2.15. The molecule has 0 aliphatic carbocycles. The smallest absolute Gasteiger partial charge is 0.306 e. The molecule has 0 aromatic rings. The molecule has 0 rings (SSSR count). The highest BCUT2D eigenvalue weighted by molar-refractivity contribution is 5.85. The van der Waals surface area contributed by atoms with Crippen molar-refractivity contribution in [1.29, 1.82) is 0 Å². The summed E-state index contributed by atoms with van der Waals surface area (Å²) in [6, 6.07) is 0. The lowest BCUT2D eigenvalue weighted by atomic mass is 9.94. The van der Waals surface area contributed by atoms with Crippen LogP contribution in [0.4, 0.5) is 8.78 Å². The minimum atomic E-state index is -2.49. The molecule has 0 radical (unpaired) electrons. The van der Waals surface area contributed by atoms with Crippen molar-refractivity contribution in [3.05, 3.63) is 0 Å². The van der Waals surface area contributed by atoms with Crippen LogP contribution in [0, 0.1) is 11.8 Å². The lowest BCUT2D eigenvalue weighted by Gasteiger charge is -2.16. The van der Waals surface area contributed by atoms with Crippen molar-refractivity contribution in [2.45, 2.75) is 33.1 Å². The van der Waals surface area contributed by atoms with E-state index in [1.807, 2.05) is 0 Å². The van der Waals surface area contributed by atoms with Crippen LogP contribution >= 0.6 is 12.4 Å². The lowest BCUT2D eigenvalue weighted by molar-refractivity contribution is -0.146. The molecule has 0 aromatic heterocycles. The monoisotopic (exact) mass is 303 g/mol.